The predicted octanol–water partition coefficient (Wildman–Crippen LogP) is 5.40. The summed E-state index contributed by atoms with van der Waals surface area (Å²) in [4.78, 5) is 0. The number of anilines is 1. The molecular weight excluding hydrogens is 266 g/mol. The minimum atomic E-state index is 0.305. The first kappa shape index (κ1) is 14.4. The monoisotopic (exact) mass is 287 g/mol. The molecule has 0 radical (unpaired) electrons. The maximum atomic E-state index is 6.34. The Kier molecular flexibility index (Phi) is 3.97. The lowest BCUT2D eigenvalue weighted by molar-refractivity contribution is 0.913. The fourth-order valence-corrected chi connectivity index (χ4v) is 3.13. The Labute approximate surface area is 132 Å². The van der Waals surface area contributed by atoms with Crippen LogP contribution in [0.1, 0.15) is 29.5 Å². The van der Waals surface area contributed by atoms with Crippen molar-refractivity contribution in [1.82, 2.24) is 0 Å². The zero-order valence-corrected chi connectivity index (χ0v) is 13.1. The van der Waals surface area contributed by atoms with E-state index in [4.69, 9.17) is 5.73 Å². The number of nitrogen functional groups attached to an aromatic ring is 1. The molecule has 0 fully saturated rings. The van der Waals surface area contributed by atoms with E-state index < -0.39 is 0 Å². The van der Waals surface area contributed by atoms with E-state index in [9.17, 15) is 0 Å². The average Bonchev–Trinajstić information content (AvgIpc) is 2.57. The molecule has 0 heterocycles. The molecule has 0 spiro atoms. The molecule has 1 unspecified atom stereocenters. The van der Waals surface area contributed by atoms with Gasteiger partial charge in [0.05, 0.1) is 0 Å². The third kappa shape index (κ3) is 2.62. The van der Waals surface area contributed by atoms with Crippen LogP contribution in [0.15, 0.2) is 72.8 Å². The van der Waals surface area contributed by atoms with Crippen molar-refractivity contribution in [1.29, 1.82) is 0 Å². The van der Waals surface area contributed by atoms with Crippen molar-refractivity contribution < 1.29 is 0 Å². The van der Waals surface area contributed by atoms with Gasteiger partial charge in [0.2, 0.25) is 0 Å². The molecule has 3 aromatic carbocycles. The maximum absolute atomic E-state index is 6.34. The van der Waals surface area contributed by atoms with Crippen LogP contribution < -0.4 is 5.73 Å². The molecule has 110 valence electrons. The Morgan fingerprint density at radius 1 is 0.773 bits per heavy atom. The Morgan fingerprint density at radius 2 is 1.36 bits per heavy atom. The van der Waals surface area contributed by atoms with Crippen molar-refractivity contribution in [3.63, 3.8) is 0 Å². The van der Waals surface area contributed by atoms with Gasteiger partial charge < -0.3 is 5.73 Å². The lowest BCUT2D eigenvalue weighted by atomic mass is 9.83. The first-order valence-corrected chi connectivity index (χ1v) is 7.68. The zero-order chi connectivity index (χ0) is 15.5. The normalized spacial score (nSPS) is 12.1. The number of rotatable bonds is 3. The molecule has 0 saturated heterocycles. The number of nitrogens with two attached hydrogens (primary N) is 1. The van der Waals surface area contributed by atoms with Gasteiger partial charge in [-0.15, -0.1) is 0 Å². The van der Waals surface area contributed by atoms with Gasteiger partial charge >= 0.3 is 0 Å². The van der Waals surface area contributed by atoms with E-state index >= 15 is 0 Å². The highest BCUT2D eigenvalue weighted by Gasteiger charge is 2.18. The first-order valence-electron chi connectivity index (χ1n) is 7.68. The van der Waals surface area contributed by atoms with E-state index in [1.165, 1.54) is 22.3 Å². The highest BCUT2D eigenvalue weighted by molar-refractivity contribution is 5.81. The largest absolute Gasteiger partial charge is 0.398 e. The molecule has 1 atom stereocenters. The van der Waals surface area contributed by atoms with Crippen LogP contribution >= 0.6 is 0 Å². The molecule has 0 aromatic heterocycles. The first-order chi connectivity index (χ1) is 10.7. The minimum Gasteiger partial charge on any atom is -0.398 e. The van der Waals surface area contributed by atoms with Crippen LogP contribution in [0.3, 0.4) is 0 Å². The summed E-state index contributed by atoms with van der Waals surface area (Å²) < 4.78 is 0. The lowest BCUT2D eigenvalue weighted by Crippen LogP contribution is -2.04. The third-order valence-electron chi connectivity index (χ3n) is 4.29. The summed E-state index contributed by atoms with van der Waals surface area (Å²) >= 11 is 0. The van der Waals surface area contributed by atoms with Gasteiger partial charge in [-0.3, -0.25) is 0 Å². The number of aryl methyl sites for hydroxylation is 1. The van der Waals surface area contributed by atoms with Crippen molar-refractivity contribution in [3.8, 4) is 11.1 Å². The van der Waals surface area contributed by atoms with E-state index in [1.54, 1.807) is 0 Å². The van der Waals surface area contributed by atoms with Crippen LogP contribution in [0.4, 0.5) is 5.69 Å². The molecule has 0 aliphatic heterocycles. The second-order valence-electron chi connectivity index (χ2n) is 5.76. The molecule has 0 aliphatic carbocycles. The number of benzene rings is 3. The van der Waals surface area contributed by atoms with E-state index in [0.717, 1.165) is 11.3 Å². The Bertz CT molecular complexity index is 761. The number of hydrogen-bond donors (Lipinski definition) is 1. The quantitative estimate of drug-likeness (QED) is 0.642. The van der Waals surface area contributed by atoms with Crippen LogP contribution in [0.25, 0.3) is 11.1 Å². The summed E-state index contributed by atoms with van der Waals surface area (Å²) in [5, 5.41) is 0. The second kappa shape index (κ2) is 6.07. The Hall–Kier alpha value is -2.54. The van der Waals surface area contributed by atoms with Gasteiger partial charge in [-0.2, -0.15) is 0 Å². The molecule has 0 bridgehead atoms. The molecule has 3 aromatic rings. The second-order valence-corrected chi connectivity index (χ2v) is 5.76. The van der Waals surface area contributed by atoms with E-state index in [-0.39, 0.29) is 0 Å². The SMILES string of the molecule is Cc1ccc(N)c(-c2ccccc2)c1C(C)c1ccccc1. The fraction of sp³-hybridized carbons (Fsp3) is 0.143. The zero-order valence-electron chi connectivity index (χ0n) is 13.1. The summed E-state index contributed by atoms with van der Waals surface area (Å²) in [7, 11) is 0. The van der Waals surface area contributed by atoms with Gasteiger partial charge in [-0.05, 0) is 35.2 Å². The highest BCUT2D eigenvalue weighted by Crippen LogP contribution is 2.38. The van der Waals surface area contributed by atoms with Crippen molar-refractivity contribution >= 4 is 5.69 Å². The summed E-state index contributed by atoms with van der Waals surface area (Å²) in [6.45, 7) is 4.42. The fourth-order valence-electron chi connectivity index (χ4n) is 3.13. The summed E-state index contributed by atoms with van der Waals surface area (Å²) in [6, 6.07) is 25.2. The Morgan fingerprint density at radius 3 is 2.00 bits per heavy atom. The van der Waals surface area contributed by atoms with Crippen LogP contribution in [0, 0.1) is 6.92 Å². The molecule has 0 aliphatic rings. The molecule has 0 saturated carbocycles. The van der Waals surface area contributed by atoms with Crippen LogP contribution in [-0.2, 0) is 0 Å². The summed E-state index contributed by atoms with van der Waals surface area (Å²) in [6.07, 6.45) is 0. The molecule has 1 heteroatoms. The minimum absolute atomic E-state index is 0.305. The van der Waals surface area contributed by atoms with Crippen LogP contribution in [0.5, 0.6) is 0 Å². The topological polar surface area (TPSA) is 26.0 Å². The number of hydrogen-bond acceptors (Lipinski definition) is 1. The predicted molar refractivity (Wildman–Crippen MR) is 95.0 cm³/mol. The summed E-state index contributed by atoms with van der Waals surface area (Å²) in [5.41, 5.74) is 13.4. The van der Waals surface area contributed by atoms with Crippen molar-refractivity contribution in [2.75, 3.05) is 5.73 Å². The van der Waals surface area contributed by atoms with Gasteiger partial charge in [0.1, 0.15) is 0 Å². The molecule has 22 heavy (non-hydrogen) atoms. The van der Waals surface area contributed by atoms with Crippen molar-refractivity contribution in [3.05, 3.63) is 89.5 Å². The van der Waals surface area contributed by atoms with Gasteiger partial charge in [0.15, 0.2) is 0 Å². The van der Waals surface area contributed by atoms with Crippen LogP contribution in [0.2, 0.25) is 0 Å². The molecule has 2 N–H and O–H groups in total. The van der Waals surface area contributed by atoms with Gasteiger partial charge in [0, 0.05) is 17.2 Å². The Balaban J connectivity index is 2.21. The molecular formula is C21H21N. The average molecular weight is 287 g/mol. The van der Waals surface area contributed by atoms with Gasteiger partial charge in [0.25, 0.3) is 0 Å². The van der Waals surface area contributed by atoms with E-state index in [0.29, 0.717) is 5.92 Å². The molecule has 0 amide bonds. The summed E-state index contributed by atoms with van der Waals surface area (Å²) in [5.74, 6) is 0.305. The molecule has 3 rings (SSSR count). The van der Waals surface area contributed by atoms with E-state index in [2.05, 4.69) is 74.5 Å². The van der Waals surface area contributed by atoms with Crippen molar-refractivity contribution in [2.24, 2.45) is 0 Å². The van der Waals surface area contributed by atoms with Gasteiger partial charge in [-0.1, -0.05) is 73.7 Å². The maximum Gasteiger partial charge on any atom is 0.0396 e. The van der Waals surface area contributed by atoms with Crippen LogP contribution in [-0.4, -0.2) is 0 Å². The smallest absolute Gasteiger partial charge is 0.0396 e. The molecule has 1 nitrogen and oxygen atoms in total. The van der Waals surface area contributed by atoms with E-state index in [1.807, 2.05) is 12.1 Å². The standard InChI is InChI=1S/C21H21N/c1-15-13-14-19(22)21(18-11-7-4-8-12-18)20(15)16(2)17-9-5-3-6-10-17/h3-14,16H,22H2,1-2H3. The highest BCUT2D eigenvalue weighted by atomic mass is 14.6. The van der Waals surface area contributed by atoms with Gasteiger partial charge in [-0.25, -0.2) is 0 Å². The lowest BCUT2D eigenvalue weighted by Gasteiger charge is -2.21. The van der Waals surface area contributed by atoms with Crippen molar-refractivity contribution in [2.45, 2.75) is 19.8 Å². The third-order valence-corrected chi connectivity index (χ3v) is 4.29.